The van der Waals surface area contributed by atoms with Gasteiger partial charge in [0.05, 0.1) is 5.69 Å². The van der Waals surface area contributed by atoms with Crippen LogP contribution in [0.5, 0.6) is 0 Å². The number of nitrogens with zero attached hydrogens (tertiary/aromatic N) is 1. The molecule has 0 saturated heterocycles. The van der Waals surface area contributed by atoms with Crippen molar-refractivity contribution in [3.8, 4) is 0 Å². The van der Waals surface area contributed by atoms with Crippen LogP contribution in [0.15, 0.2) is 50.6 Å². The van der Waals surface area contributed by atoms with Gasteiger partial charge in [-0.25, -0.2) is 4.79 Å². The lowest BCUT2D eigenvalue weighted by atomic mass is 10.1. The van der Waals surface area contributed by atoms with Crippen LogP contribution < -0.4 is 10.9 Å². The lowest BCUT2D eigenvalue weighted by molar-refractivity contribution is -0.142. The molecule has 0 unspecified atom stereocenters. The first-order valence-electron chi connectivity index (χ1n) is 8.40. The Labute approximate surface area is 165 Å². The summed E-state index contributed by atoms with van der Waals surface area (Å²) in [5.74, 6) is -1.03. The molecule has 8 heteroatoms. The summed E-state index contributed by atoms with van der Waals surface area (Å²) >= 11 is 1.54. The van der Waals surface area contributed by atoms with Gasteiger partial charge in [-0.1, -0.05) is 6.07 Å². The average molecular weight is 398 g/mol. The van der Waals surface area contributed by atoms with Crippen molar-refractivity contribution in [2.75, 3.05) is 11.6 Å². The lowest BCUT2D eigenvalue weighted by Crippen LogP contribution is -2.21. The molecule has 1 aromatic carbocycles. The molecule has 0 saturated carbocycles. The number of amides is 1. The molecule has 0 aliphatic heterocycles. The number of esters is 1. The maximum Gasteiger partial charge on any atom is 0.349 e. The van der Waals surface area contributed by atoms with E-state index in [9.17, 15) is 14.4 Å². The van der Waals surface area contributed by atoms with Crippen molar-refractivity contribution < 1.29 is 18.7 Å². The summed E-state index contributed by atoms with van der Waals surface area (Å²) in [7, 11) is 0. The van der Waals surface area contributed by atoms with Crippen molar-refractivity contribution in [1.29, 1.82) is 0 Å². The Morgan fingerprint density at radius 2 is 2.07 bits per heavy atom. The first-order chi connectivity index (χ1) is 13.4. The van der Waals surface area contributed by atoms with E-state index in [2.05, 4.69) is 10.3 Å². The van der Waals surface area contributed by atoms with Crippen LogP contribution in [-0.4, -0.2) is 23.1 Å². The molecule has 144 valence electrons. The monoisotopic (exact) mass is 398 g/mol. The van der Waals surface area contributed by atoms with E-state index >= 15 is 0 Å². The van der Waals surface area contributed by atoms with Crippen LogP contribution >= 0.6 is 11.8 Å². The number of hydrogen-bond donors (Lipinski definition) is 1. The molecule has 0 fully saturated rings. The number of aryl methyl sites for hydroxylation is 1. The summed E-state index contributed by atoms with van der Waals surface area (Å²) in [5, 5.41) is 3.21. The minimum atomic E-state index is -0.763. The second-order valence-corrected chi connectivity index (χ2v) is 6.91. The molecule has 7 nitrogen and oxygen atoms in total. The van der Waals surface area contributed by atoms with Crippen LogP contribution in [0.25, 0.3) is 11.0 Å². The van der Waals surface area contributed by atoms with Crippen LogP contribution in [0.3, 0.4) is 0 Å². The van der Waals surface area contributed by atoms with Crippen molar-refractivity contribution in [1.82, 2.24) is 4.98 Å². The van der Waals surface area contributed by atoms with Crippen LogP contribution in [0.4, 0.5) is 5.69 Å². The van der Waals surface area contributed by atoms with E-state index in [0.29, 0.717) is 22.3 Å². The van der Waals surface area contributed by atoms with Gasteiger partial charge in [0.2, 0.25) is 0 Å². The molecule has 0 radical (unpaired) electrons. The molecule has 1 amide bonds. The highest BCUT2D eigenvalue weighted by Crippen LogP contribution is 2.23. The summed E-state index contributed by atoms with van der Waals surface area (Å²) in [6, 6.07) is 8.73. The van der Waals surface area contributed by atoms with E-state index in [1.54, 1.807) is 24.8 Å². The van der Waals surface area contributed by atoms with Crippen molar-refractivity contribution in [2.24, 2.45) is 0 Å². The third-order valence-corrected chi connectivity index (χ3v) is 4.77. The van der Waals surface area contributed by atoms with Gasteiger partial charge in [-0.15, -0.1) is 11.8 Å². The molecule has 3 aromatic rings. The predicted octanol–water partition coefficient (Wildman–Crippen LogP) is 3.53. The number of pyridine rings is 1. The van der Waals surface area contributed by atoms with Gasteiger partial charge in [0.1, 0.15) is 12.2 Å². The average Bonchev–Trinajstić information content (AvgIpc) is 2.67. The number of hydrogen-bond acceptors (Lipinski definition) is 7. The topological polar surface area (TPSA) is 98.5 Å². The van der Waals surface area contributed by atoms with Gasteiger partial charge in [-0.3, -0.25) is 14.6 Å². The molecule has 0 aliphatic rings. The van der Waals surface area contributed by atoms with E-state index in [4.69, 9.17) is 9.15 Å². The van der Waals surface area contributed by atoms with Crippen molar-refractivity contribution in [3.63, 3.8) is 0 Å². The fraction of sp³-hybridized carbons (Fsp3) is 0.200. The minimum Gasteiger partial charge on any atom is -0.461 e. The summed E-state index contributed by atoms with van der Waals surface area (Å²) in [6.45, 7) is 2.95. The Bertz CT molecular complexity index is 1120. The first-order valence-corrected chi connectivity index (χ1v) is 9.62. The Morgan fingerprint density at radius 3 is 2.79 bits per heavy atom. The van der Waals surface area contributed by atoms with Crippen LogP contribution in [0.1, 0.15) is 28.5 Å². The number of ether oxygens (including phenoxy) is 1. The van der Waals surface area contributed by atoms with Crippen LogP contribution in [0.2, 0.25) is 0 Å². The highest BCUT2D eigenvalue weighted by molar-refractivity contribution is 7.98. The smallest absolute Gasteiger partial charge is 0.349 e. The SMILES string of the molecule is CSc1cccc(NC(=O)c2cc3c(COC(C)=O)cnc(C)c3oc2=O)c1. The molecule has 0 spiro atoms. The second-order valence-electron chi connectivity index (χ2n) is 6.03. The van der Waals surface area contributed by atoms with Gasteiger partial charge >= 0.3 is 11.6 Å². The second kappa shape index (κ2) is 8.26. The summed E-state index contributed by atoms with van der Waals surface area (Å²) in [5.41, 5.74) is 0.964. The number of rotatable bonds is 5. The number of anilines is 1. The zero-order valence-corrected chi connectivity index (χ0v) is 16.4. The van der Waals surface area contributed by atoms with E-state index in [0.717, 1.165) is 4.90 Å². The predicted molar refractivity (Wildman–Crippen MR) is 107 cm³/mol. The molecule has 0 aliphatic carbocycles. The fourth-order valence-corrected chi connectivity index (χ4v) is 3.09. The summed E-state index contributed by atoms with van der Waals surface area (Å²) in [4.78, 5) is 41.3. The summed E-state index contributed by atoms with van der Waals surface area (Å²) in [6.07, 6.45) is 3.46. The number of nitrogens with one attached hydrogen (secondary N) is 1. The number of aromatic nitrogens is 1. The molecule has 0 atom stereocenters. The standard InChI is InChI=1S/C20H18N2O5S/c1-11-18-16(13(9-21-11)10-26-12(2)23)8-17(20(25)27-18)19(24)22-14-5-4-6-15(7-14)28-3/h4-9H,10H2,1-3H3,(H,22,24). The minimum absolute atomic E-state index is 0.0380. The highest BCUT2D eigenvalue weighted by Gasteiger charge is 2.18. The van der Waals surface area contributed by atoms with E-state index in [1.807, 2.05) is 24.5 Å². The molecular formula is C20H18N2O5S. The van der Waals surface area contributed by atoms with Gasteiger partial charge in [0.25, 0.3) is 5.91 Å². The van der Waals surface area contributed by atoms with Gasteiger partial charge in [0.15, 0.2) is 5.58 Å². The van der Waals surface area contributed by atoms with E-state index in [1.165, 1.54) is 19.2 Å². The largest absolute Gasteiger partial charge is 0.461 e. The van der Waals surface area contributed by atoms with Crippen LogP contribution in [0, 0.1) is 6.92 Å². The Kier molecular flexibility index (Phi) is 5.79. The normalized spacial score (nSPS) is 10.7. The van der Waals surface area contributed by atoms with Gasteiger partial charge < -0.3 is 14.5 Å². The molecule has 3 rings (SSSR count). The first kappa shape index (κ1) is 19.6. The summed E-state index contributed by atoms with van der Waals surface area (Å²) < 4.78 is 10.4. The van der Waals surface area contributed by atoms with E-state index in [-0.39, 0.29) is 17.8 Å². The number of fused-ring (bicyclic) bond motifs is 1. The van der Waals surface area contributed by atoms with Gasteiger partial charge in [-0.2, -0.15) is 0 Å². The highest BCUT2D eigenvalue weighted by atomic mass is 32.2. The fourth-order valence-electron chi connectivity index (χ4n) is 2.63. The van der Waals surface area contributed by atoms with E-state index < -0.39 is 17.5 Å². The lowest BCUT2D eigenvalue weighted by Gasteiger charge is -2.10. The zero-order valence-electron chi connectivity index (χ0n) is 15.6. The molecule has 2 heterocycles. The maximum atomic E-state index is 12.7. The number of carbonyl (C=O) groups excluding carboxylic acids is 2. The van der Waals surface area contributed by atoms with Crippen molar-refractivity contribution in [2.45, 2.75) is 25.3 Å². The van der Waals surface area contributed by atoms with Gasteiger partial charge in [-0.05, 0) is 37.4 Å². The third kappa shape index (κ3) is 4.23. The Hall–Kier alpha value is -3.13. The number of benzene rings is 1. The van der Waals surface area contributed by atoms with Crippen molar-refractivity contribution in [3.05, 3.63) is 63.8 Å². The molecule has 28 heavy (non-hydrogen) atoms. The number of thioether (sulfide) groups is 1. The number of carbonyl (C=O) groups is 2. The molecule has 2 aromatic heterocycles. The van der Waals surface area contributed by atoms with Gasteiger partial charge in [0, 0.05) is 34.7 Å². The quantitative estimate of drug-likeness (QED) is 0.518. The molecular weight excluding hydrogens is 380 g/mol. The Balaban J connectivity index is 2.01. The Morgan fingerprint density at radius 1 is 1.29 bits per heavy atom. The molecule has 1 N–H and O–H groups in total. The third-order valence-electron chi connectivity index (χ3n) is 4.04. The zero-order chi connectivity index (χ0) is 20.3. The molecule has 0 bridgehead atoms. The van der Waals surface area contributed by atoms with Crippen LogP contribution in [-0.2, 0) is 16.1 Å². The van der Waals surface area contributed by atoms with Crippen molar-refractivity contribution >= 4 is 40.3 Å². The maximum absolute atomic E-state index is 12.7.